The smallest absolute Gasteiger partial charge is 0.161 e. The fraction of sp³-hybridized carbons (Fsp3) is 0.217. The molecule has 0 spiro atoms. The van der Waals surface area contributed by atoms with E-state index in [1.165, 1.54) is 101 Å². The van der Waals surface area contributed by atoms with Crippen LogP contribution in [0.5, 0.6) is 34.5 Å². The number of fused-ring (bicyclic) bond motifs is 12. The minimum atomic E-state index is 0.694. The number of benzene rings is 12. The third kappa shape index (κ3) is 19.5. The molecule has 6 aliphatic heterocycles. The van der Waals surface area contributed by atoms with Crippen molar-refractivity contribution >= 4 is 232 Å². The quantitative estimate of drug-likeness (QED) is 0.107. The highest BCUT2D eigenvalue weighted by Crippen LogP contribution is 2.48. The van der Waals surface area contributed by atoms with Gasteiger partial charge in [-0.3, -0.25) is 30.0 Å². The van der Waals surface area contributed by atoms with E-state index in [0.717, 1.165) is 261 Å². The van der Waals surface area contributed by atoms with Crippen LogP contribution in [0.2, 0.25) is 30.1 Å². The van der Waals surface area contributed by atoms with Gasteiger partial charge in [0.1, 0.15) is 11.5 Å². The molecule has 24 rings (SSSR count). The van der Waals surface area contributed by atoms with E-state index in [1.807, 2.05) is 66.7 Å². The Morgan fingerprint density at radius 1 is 0.259 bits per heavy atom. The van der Waals surface area contributed by atoms with Gasteiger partial charge < -0.3 is 28.4 Å². The summed E-state index contributed by atoms with van der Waals surface area (Å²) in [4.78, 5) is 35.1. The van der Waals surface area contributed by atoms with E-state index in [1.54, 1.807) is 111 Å². The molecule has 0 unspecified atom stereocenters. The lowest BCUT2D eigenvalue weighted by Gasteiger charge is -2.19. The molecule has 0 amide bonds. The summed E-state index contributed by atoms with van der Waals surface area (Å²) in [6, 6.07) is 77.8. The van der Waals surface area contributed by atoms with Gasteiger partial charge in [0.05, 0.1) is 136 Å². The average Bonchev–Trinajstić information content (AvgIpc) is 1.68. The number of halogens is 6. The minimum absolute atomic E-state index is 0.694. The Balaban J connectivity index is 0.000000107. The Bertz CT molecular complexity index is 7900. The van der Waals surface area contributed by atoms with E-state index in [-0.39, 0.29) is 0 Å². The molecule has 6 aromatic heterocycles. The van der Waals surface area contributed by atoms with Gasteiger partial charge in [0.2, 0.25) is 0 Å². The fourth-order valence-corrected chi connectivity index (χ4v) is 28.2. The zero-order valence-electron chi connectivity index (χ0n) is 78.6. The number of aliphatic imine (C=N–C) groups is 6. The van der Waals surface area contributed by atoms with Gasteiger partial charge in [0, 0.05) is 133 Å². The molecule has 0 saturated carbocycles. The maximum absolute atomic E-state index is 6.77. The van der Waals surface area contributed by atoms with Crippen molar-refractivity contribution in [1.82, 2.24) is 0 Å². The highest BCUT2D eigenvalue weighted by atomic mass is 35.5. The Morgan fingerprint density at radius 3 is 0.928 bits per heavy atom. The number of nitrogens with zero attached hydrogens (tertiary/aromatic N) is 6. The van der Waals surface area contributed by atoms with Gasteiger partial charge in [-0.15, -0.1) is 68.0 Å². The Kier molecular flexibility index (Phi) is 29.8. The summed E-state index contributed by atoms with van der Waals surface area (Å²) < 4.78 is 39.9. The van der Waals surface area contributed by atoms with Crippen LogP contribution in [-0.4, -0.2) is 116 Å². The Hall–Kier alpha value is -11.0. The van der Waals surface area contributed by atoms with Crippen molar-refractivity contribution in [3.8, 4) is 34.5 Å². The Morgan fingerprint density at radius 2 is 0.568 bits per heavy atom. The molecule has 6 aliphatic rings. The first-order chi connectivity index (χ1) is 67.8. The lowest BCUT2D eigenvalue weighted by molar-refractivity contribution is 0.354. The number of hydrogen-bond acceptors (Lipinski definition) is 18. The molecule has 702 valence electrons. The number of hydrogen-bond donors (Lipinski definition) is 0. The predicted octanol–water partition coefficient (Wildman–Crippen LogP) is 31.8. The van der Waals surface area contributed by atoms with Crippen LogP contribution in [-0.2, 0) is 51.4 Å². The van der Waals surface area contributed by atoms with E-state index in [0.29, 0.717) is 11.5 Å². The first kappa shape index (κ1) is 96.8. The van der Waals surface area contributed by atoms with Gasteiger partial charge in [0.25, 0.3) is 0 Å². The molecule has 0 bridgehead atoms. The van der Waals surface area contributed by atoms with E-state index in [4.69, 9.17) is 128 Å². The second kappa shape index (κ2) is 42.8. The van der Waals surface area contributed by atoms with Crippen LogP contribution in [0.25, 0.3) is 60.5 Å². The van der Waals surface area contributed by atoms with Crippen LogP contribution in [0.3, 0.4) is 0 Å². The van der Waals surface area contributed by atoms with E-state index >= 15 is 0 Å². The van der Waals surface area contributed by atoms with Crippen molar-refractivity contribution in [3.63, 3.8) is 0 Å². The summed E-state index contributed by atoms with van der Waals surface area (Å²) in [5, 5.41) is 11.5. The van der Waals surface area contributed by atoms with Gasteiger partial charge in [-0.25, -0.2) is 0 Å². The number of aryl methyl sites for hydroxylation is 5. The molecule has 0 atom stereocenters. The largest absolute Gasteiger partial charge is 0.497 e. The maximum atomic E-state index is 6.77. The molecule has 0 saturated heterocycles. The lowest BCUT2D eigenvalue weighted by Crippen LogP contribution is -2.14. The van der Waals surface area contributed by atoms with Crippen molar-refractivity contribution in [2.75, 3.05) is 81.9 Å². The minimum Gasteiger partial charge on any atom is -0.497 e. The molecular weight excluding hydrogens is 1970 g/mol. The Labute approximate surface area is 863 Å². The average molecular weight is 2070 g/mol. The standard InChI is InChI=1S/C20H18ClNO3S.C20H18ClNO2S.C20H18ClNOS.C19H16ClNS.2C18H14ClNS/c1-23-12-4-5-13-17(9-12)26-20(18(13)21)19-14-10-16(25-3)15(24-2)8-11(14)6-7-22-19;1-11-5-4-6-16-17(11)18(21)20(25-16)19-13-10-15(24-3)14(23-2)9-12(13)7-8-22-19;1-3-12-10-13-8-9-22-19(15(13)11-16(12)23-2)20-18(21)14-6-4-5-7-17(14)24-20;1-2-12-7-8-14-13(11-12)9-10-21-18(14)19-17(20)15-5-3-4-6-16(15)22-19;2*1-11-6-7-13-12(10-11)8-9-20-17(13)18-16(19)14-4-2-3-5-15(14)21-18/h4-5,8-10H,6-7H2,1-3H3;4-6,9-10H,7-8H2,1-3H3;4-7,10-11H,3,8-9H2,1-2H3;3-8,11H,2,9-10H2,1H3;2*2-7,10H,8-9H2,1H3. The number of ether oxygens (including phenoxy) is 6. The normalized spacial score (nSPS) is 13.8. The summed E-state index contributed by atoms with van der Waals surface area (Å²) in [6.07, 6.45) is 7.83. The number of thiophene rings is 6. The molecule has 12 aromatic carbocycles. The third-order valence-electron chi connectivity index (χ3n) is 25.8. The monoisotopic (exact) mass is 2060 g/mol. The van der Waals surface area contributed by atoms with Crippen molar-refractivity contribution in [2.45, 2.75) is 86.0 Å². The van der Waals surface area contributed by atoms with E-state index < -0.39 is 0 Å². The van der Waals surface area contributed by atoms with Crippen molar-refractivity contribution in [1.29, 1.82) is 0 Å². The van der Waals surface area contributed by atoms with Crippen LogP contribution in [0.4, 0.5) is 0 Å². The first-order valence-electron chi connectivity index (χ1n) is 46.2. The van der Waals surface area contributed by atoms with Crippen molar-refractivity contribution in [2.24, 2.45) is 30.0 Å². The van der Waals surface area contributed by atoms with Gasteiger partial charge in [-0.2, -0.15) is 0 Å². The van der Waals surface area contributed by atoms with Gasteiger partial charge in [-0.05, 0) is 201 Å². The maximum Gasteiger partial charge on any atom is 0.161 e. The summed E-state index contributed by atoms with van der Waals surface area (Å²) in [6.45, 7) is 15.5. The molecule has 0 fully saturated rings. The second-order valence-electron chi connectivity index (χ2n) is 34.2. The molecule has 139 heavy (non-hydrogen) atoms. The van der Waals surface area contributed by atoms with Gasteiger partial charge >= 0.3 is 0 Å². The predicted molar refractivity (Wildman–Crippen MR) is 597 cm³/mol. The highest BCUT2D eigenvalue weighted by Gasteiger charge is 2.31. The summed E-state index contributed by atoms with van der Waals surface area (Å²) in [5.74, 6) is 4.65. The molecule has 12 heterocycles. The highest BCUT2D eigenvalue weighted by molar-refractivity contribution is 7.24. The fourth-order valence-electron chi connectivity index (χ4n) is 18.7. The van der Waals surface area contributed by atoms with E-state index in [9.17, 15) is 0 Å². The van der Waals surface area contributed by atoms with Gasteiger partial charge in [-0.1, -0.05) is 240 Å². The second-order valence-corrected chi connectivity index (χ2v) is 42.8. The molecule has 0 aliphatic carbocycles. The van der Waals surface area contributed by atoms with Crippen LogP contribution >= 0.6 is 138 Å². The van der Waals surface area contributed by atoms with Crippen LogP contribution < -0.4 is 28.4 Å². The molecule has 0 N–H and O–H groups in total. The molecule has 18 aromatic rings. The SMILES string of the molecule is CCc1cc2c(cc1OC)C(c1sc3ccccc3c1Cl)=NCC2.CCc1ccc2c(c1)CCN=C2c1sc2ccccc2c1Cl.COc1cc2c(cc1OC)C(c1sc3cccc(C)c3c1Cl)=NCC2.COc1ccc2c(Cl)c(C3=NCCc4cc(OC)c(OC)cc43)sc2c1.Cc1ccc2c(c1)CCN=C2c1sc2ccccc2c1Cl.Cc1ccc2c(c1)CCN=C2c1sc2ccccc2c1Cl. The lowest BCUT2D eigenvalue weighted by atomic mass is 9.93. The molecule has 0 radical (unpaired) electrons. The molecule has 24 heteroatoms. The summed E-state index contributed by atoms with van der Waals surface area (Å²) >= 11 is 50.3. The summed E-state index contributed by atoms with van der Waals surface area (Å²) in [7, 11) is 10.00. The number of methoxy groups -OCH3 is 6. The van der Waals surface area contributed by atoms with Crippen molar-refractivity contribution in [3.05, 3.63) is 378 Å². The van der Waals surface area contributed by atoms with Gasteiger partial charge in [0.15, 0.2) is 23.0 Å². The van der Waals surface area contributed by atoms with Crippen molar-refractivity contribution < 1.29 is 28.4 Å². The van der Waals surface area contributed by atoms with Crippen LogP contribution in [0.1, 0.15) is 138 Å². The molecule has 12 nitrogen and oxygen atoms in total. The van der Waals surface area contributed by atoms with Crippen LogP contribution in [0, 0.1) is 20.8 Å². The number of rotatable bonds is 14. The topological polar surface area (TPSA) is 130 Å². The zero-order valence-corrected chi connectivity index (χ0v) is 88.0. The van der Waals surface area contributed by atoms with Crippen LogP contribution in [0.15, 0.2) is 254 Å². The molecular formula is C115H98Cl6N6O6S6. The first-order valence-corrected chi connectivity index (χ1v) is 53.4. The third-order valence-corrected chi connectivity index (χ3v) is 35.8. The van der Waals surface area contributed by atoms with E-state index in [2.05, 4.69) is 192 Å². The zero-order chi connectivity index (χ0) is 96.4. The summed E-state index contributed by atoms with van der Waals surface area (Å²) in [5.41, 5.74) is 27.4.